The second-order valence-corrected chi connectivity index (χ2v) is 7.06. The van der Waals surface area contributed by atoms with Gasteiger partial charge < -0.3 is 20.1 Å². The molecule has 0 aliphatic carbocycles. The molecule has 1 aromatic heterocycles. The largest absolute Gasteiger partial charge is 0.480 e. The summed E-state index contributed by atoms with van der Waals surface area (Å²) in [6, 6.07) is 2.57. The molecule has 0 saturated carbocycles. The number of hydrogen-bond acceptors (Lipinski definition) is 5. The Morgan fingerprint density at radius 1 is 1.32 bits per heavy atom. The molecular formula is C18H27N3O4. The van der Waals surface area contributed by atoms with Gasteiger partial charge in [0.25, 0.3) is 5.91 Å². The number of morpholine rings is 1. The van der Waals surface area contributed by atoms with Gasteiger partial charge in [0.05, 0.1) is 17.8 Å². The summed E-state index contributed by atoms with van der Waals surface area (Å²) in [4.78, 5) is 30.1. The first-order valence-electron chi connectivity index (χ1n) is 8.66. The molecule has 0 radical (unpaired) electrons. The maximum absolute atomic E-state index is 12.3. The fourth-order valence-electron chi connectivity index (χ4n) is 3.01. The lowest BCUT2D eigenvalue weighted by Gasteiger charge is -2.36. The van der Waals surface area contributed by atoms with E-state index in [1.54, 1.807) is 12.1 Å². The van der Waals surface area contributed by atoms with Crippen molar-refractivity contribution in [1.82, 2.24) is 10.3 Å². The first-order chi connectivity index (χ1) is 11.8. The normalized spacial score (nSPS) is 21.9. The summed E-state index contributed by atoms with van der Waals surface area (Å²) >= 11 is 0. The summed E-state index contributed by atoms with van der Waals surface area (Å²) < 4.78 is 5.71. The minimum atomic E-state index is -1.03. The van der Waals surface area contributed by atoms with Gasteiger partial charge in [-0.3, -0.25) is 4.79 Å². The van der Waals surface area contributed by atoms with Crippen LogP contribution in [0.5, 0.6) is 0 Å². The number of pyridine rings is 1. The third-order valence-electron chi connectivity index (χ3n) is 4.06. The number of carbonyl (C=O) groups is 2. The van der Waals surface area contributed by atoms with Crippen LogP contribution in [-0.2, 0) is 9.53 Å². The van der Waals surface area contributed by atoms with Crippen LogP contribution in [0.1, 0.15) is 44.5 Å². The van der Waals surface area contributed by atoms with Crippen molar-refractivity contribution in [2.24, 2.45) is 5.92 Å². The zero-order valence-electron chi connectivity index (χ0n) is 15.2. The van der Waals surface area contributed by atoms with E-state index in [2.05, 4.69) is 15.2 Å². The van der Waals surface area contributed by atoms with Crippen LogP contribution >= 0.6 is 0 Å². The van der Waals surface area contributed by atoms with Crippen LogP contribution in [0.3, 0.4) is 0 Å². The van der Waals surface area contributed by atoms with E-state index in [4.69, 9.17) is 4.74 Å². The Hall–Kier alpha value is -2.15. The molecule has 7 heteroatoms. The number of rotatable bonds is 6. The molecule has 2 unspecified atom stereocenters. The number of ether oxygens (including phenoxy) is 1. The van der Waals surface area contributed by atoms with Crippen molar-refractivity contribution in [1.29, 1.82) is 0 Å². The zero-order chi connectivity index (χ0) is 18.6. The van der Waals surface area contributed by atoms with E-state index in [1.165, 1.54) is 6.20 Å². The molecule has 2 N–H and O–H groups in total. The highest BCUT2D eigenvalue weighted by molar-refractivity contribution is 5.96. The summed E-state index contributed by atoms with van der Waals surface area (Å²) in [5, 5.41) is 11.8. The van der Waals surface area contributed by atoms with Crippen molar-refractivity contribution in [3.05, 3.63) is 23.9 Å². The molecule has 0 aromatic carbocycles. The van der Waals surface area contributed by atoms with Crippen LogP contribution in [-0.4, -0.2) is 53.3 Å². The zero-order valence-corrected chi connectivity index (χ0v) is 15.2. The van der Waals surface area contributed by atoms with Crippen LogP contribution in [0.15, 0.2) is 18.3 Å². The maximum Gasteiger partial charge on any atom is 0.326 e. The fraction of sp³-hybridized carbons (Fsp3) is 0.611. The molecule has 1 aliphatic heterocycles. The molecule has 3 atom stereocenters. The topological polar surface area (TPSA) is 91.8 Å². The van der Waals surface area contributed by atoms with Gasteiger partial charge >= 0.3 is 5.97 Å². The number of amides is 1. The molecule has 138 valence electrons. The summed E-state index contributed by atoms with van der Waals surface area (Å²) in [6.07, 6.45) is 2.13. The lowest BCUT2D eigenvalue weighted by Crippen LogP contribution is -2.45. The van der Waals surface area contributed by atoms with E-state index >= 15 is 0 Å². The number of carboxylic acids is 1. The molecule has 1 saturated heterocycles. The SMILES string of the molecule is CC(C)C[C@H](NC(=O)c1ccc(N2CC(C)OC(C)C2)nc1)C(=O)O. The van der Waals surface area contributed by atoms with Gasteiger partial charge in [0, 0.05) is 19.3 Å². The Kier molecular flexibility index (Phi) is 6.36. The molecule has 7 nitrogen and oxygen atoms in total. The smallest absolute Gasteiger partial charge is 0.326 e. The Morgan fingerprint density at radius 2 is 1.96 bits per heavy atom. The van der Waals surface area contributed by atoms with Gasteiger partial charge in [-0.2, -0.15) is 0 Å². The molecule has 2 heterocycles. The standard InChI is InChI=1S/C18H27N3O4/c1-11(2)7-15(18(23)24)20-17(22)14-5-6-16(19-8-14)21-9-12(3)25-13(4)10-21/h5-6,8,11-13,15H,7,9-10H2,1-4H3,(H,20,22)(H,23,24)/t12?,13?,15-/m0/s1. The minimum Gasteiger partial charge on any atom is -0.480 e. The highest BCUT2D eigenvalue weighted by Gasteiger charge is 2.24. The summed E-state index contributed by atoms with van der Waals surface area (Å²) in [5.41, 5.74) is 0.355. The number of nitrogens with zero attached hydrogens (tertiary/aromatic N) is 2. The van der Waals surface area contributed by atoms with Crippen LogP contribution in [0.4, 0.5) is 5.82 Å². The van der Waals surface area contributed by atoms with Crippen molar-refractivity contribution in [3.8, 4) is 0 Å². The molecule has 0 bridgehead atoms. The van der Waals surface area contributed by atoms with Crippen molar-refractivity contribution >= 4 is 17.7 Å². The van der Waals surface area contributed by atoms with Crippen molar-refractivity contribution in [3.63, 3.8) is 0 Å². The molecule has 1 fully saturated rings. The maximum atomic E-state index is 12.3. The van der Waals surface area contributed by atoms with Gasteiger partial charge in [-0.1, -0.05) is 13.8 Å². The second kappa shape index (κ2) is 8.29. The minimum absolute atomic E-state index is 0.126. The molecular weight excluding hydrogens is 322 g/mol. The van der Waals surface area contributed by atoms with E-state index < -0.39 is 17.9 Å². The highest BCUT2D eigenvalue weighted by Crippen LogP contribution is 2.18. The van der Waals surface area contributed by atoms with Crippen LogP contribution in [0.25, 0.3) is 0 Å². The molecule has 1 aromatic rings. The van der Waals surface area contributed by atoms with Gasteiger partial charge in [0.2, 0.25) is 0 Å². The van der Waals surface area contributed by atoms with Gasteiger partial charge in [-0.15, -0.1) is 0 Å². The van der Waals surface area contributed by atoms with E-state index in [-0.39, 0.29) is 18.1 Å². The molecule has 2 rings (SSSR count). The fourth-order valence-corrected chi connectivity index (χ4v) is 3.01. The third kappa shape index (κ3) is 5.42. The van der Waals surface area contributed by atoms with Crippen LogP contribution < -0.4 is 10.2 Å². The average Bonchev–Trinajstić information content (AvgIpc) is 2.53. The predicted octanol–water partition coefficient (Wildman–Crippen LogP) is 1.92. The van der Waals surface area contributed by atoms with E-state index in [0.29, 0.717) is 12.0 Å². The Morgan fingerprint density at radius 3 is 2.44 bits per heavy atom. The number of carbonyl (C=O) groups excluding carboxylic acids is 1. The van der Waals surface area contributed by atoms with Crippen molar-refractivity contribution in [2.45, 2.75) is 52.4 Å². The molecule has 0 spiro atoms. The van der Waals surface area contributed by atoms with Crippen molar-refractivity contribution in [2.75, 3.05) is 18.0 Å². The van der Waals surface area contributed by atoms with E-state index in [1.807, 2.05) is 27.7 Å². The highest BCUT2D eigenvalue weighted by atomic mass is 16.5. The lowest BCUT2D eigenvalue weighted by atomic mass is 10.0. The second-order valence-electron chi connectivity index (χ2n) is 7.06. The van der Waals surface area contributed by atoms with E-state index in [0.717, 1.165) is 18.9 Å². The van der Waals surface area contributed by atoms with Crippen LogP contribution in [0.2, 0.25) is 0 Å². The first kappa shape index (κ1) is 19.2. The number of aromatic nitrogens is 1. The Labute approximate surface area is 148 Å². The van der Waals surface area contributed by atoms with Gasteiger partial charge in [-0.05, 0) is 38.3 Å². The van der Waals surface area contributed by atoms with Gasteiger partial charge in [0.15, 0.2) is 0 Å². The van der Waals surface area contributed by atoms with Crippen molar-refractivity contribution < 1.29 is 19.4 Å². The molecule has 1 aliphatic rings. The third-order valence-corrected chi connectivity index (χ3v) is 4.06. The summed E-state index contributed by atoms with van der Waals surface area (Å²) in [6.45, 7) is 9.37. The first-order valence-corrected chi connectivity index (χ1v) is 8.66. The number of nitrogens with one attached hydrogen (secondary N) is 1. The average molecular weight is 349 g/mol. The Balaban J connectivity index is 2.03. The summed E-state index contributed by atoms with van der Waals surface area (Å²) in [5.74, 6) is -0.485. The monoisotopic (exact) mass is 349 g/mol. The molecule has 1 amide bonds. The number of anilines is 1. The summed E-state index contributed by atoms with van der Waals surface area (Å²) in [7, 11) is 0. The lowest BCUT2D eigenvalue weighted by molar-refractivity contribution is -0.139. The van der Waals surface area contributed by atoms with E-state index in [9.17, 15) is 14.7 Å². The Bertz CT molecular complexity index is 593. The number of hydrogen-bond donors (Lipinski definition) is 2. The number of carboxylic acid groups (broad SMARTS) is 1. The molecule has 25 heavy (non-hydrogen) atoms. The van der Waals surface area contributed by atoms with Gasteiger partial charge in [-0.25, -0.2) is 9.78 Å². The predicted molar refractivity (Wildman–Crippen MR) is 94.8 cm³/mol. The van der Waals surface area contributed by atoms with Crippen LogP contribution in [0, 0.1) is 5.92 Å². The quantitative estimate of drug-likeness (QED) is 0.815. The number of aliphatic carboxylic acids is 1. The van der Waals surface area contributed by atoms with Gasteiger partial charge in [0.1, 0.15) is 11.9 Å².